The number of carbonyl (C=O) groups is 5. The van der Waals surface area contributed by atoms with Crippen molar-refractivity contribution in [1.82, 2.24) is 16.0 Å². The molecule has 1 saturated carbocycles. The third-order valence-corrected chi connectivity index (χ3v) is 5.88. The molecule has 0 aromatic heterocycles. The molecular weight excluding hydrogens is 492 g/mol. The van der Waals surface area contributed by atoms with Crippen molar-refractivity contribution in [3.05, 3.63) is 0 Å². The zero-order valence-corrected chi connectivity index (χ0v) is 20.0. The van der Waals surface area contributed by atoms with Crippen LogP contribution in [0.25, 0.3) is 0 Å². The Labute approximate surface area is 205 Å². The molecule has 14 heteroatoms. The molecule has 0 aromatic carbocycles. The van der Waals surface area contributed by atoms with Gasteiger partial charge < -0.3 is 16.0 Å². The minimum Gasteiger partial charge on any atom is -0.356 e. The van der Waals surface area contributed by atoms with E-state index in [2.05, 4.69) is 25.7 Å². The summed E-state index contributed by atoms with van der Waals surface area (Å²) in [5.74, 6) is -6.76. The molecule has 3 atom stereocenters. The van der Waals surface area contributed by atoms with E-state index in [-0.39, 0.29) is 24.7 Å². The maximum absolute atomic E-state index is 13.0. The number of alkyl halides is 4. The number of rotatable bonds is 12. The first kappa shape index (κ1) is 29.3. The van der Waals surface area contributed by atoms with E-state index >= 15 is 0 Å². The maximum atomic E-state index is 13.0. The standard InChI is InChI=1S/C22H30F4N4O6/c1-12(2)7-15(29-19(34)20(35)30-21(11-23)4-5-21)18(33)28-9-14(8-13-3-6-27-17(13)32)16(31)10-36-22(24,25)26/h9,12-15H,3-8,10-11H2,1-2H3,(H,27,32)(H,29,34)(H,30,35)/t13-,14?,15-/m0/s1. The molecule has 2 rings (SSSR count). The van der Waals surface area contributed by atoms with Gasteiger partial charge in [0, 0.05) is 18.7 Å². The summed E-state index contributed by atoms with van der Waals surface area (Å²) in [6.45, 7) is 1.65. The Bertz CT molecular complexity index is 888. The van der Waals surface area contributed by atoms with Crippen LogP contribution in [0, 0.1) is 17.8 Å². The molecule has 36 heavy (non-hydrogen) atoms. The first-order valence-electron chi connectivity index (χ1n) is 11.5. The van der Waals surface area contributed by atoms with Crippen LogP contribution in [-0.2, 0) is 28.7 Å². The van der Waals surface area contributed by atoms with Gasteiger partial charge in [0.25, 0.3) is 5.91 Å². The fraction of sp³-hybridized carbons (Fsp3) is 0.727. The molecule has 202 valence electrons. The van der Waals surface area contributed by atoms with Gasteiger partial charge in [0.15, 0.2) is 5.78 Å². The number of aliphatic imine (C=N–C) groups is 1. The monoisotopic (exact) mass is 522 g/mol. The lowest BCUT2D eigenvalue weighted by Crippen LogP contribution is -2.51. The van der Waals surface area contributed by atoms with Crippen LogP contribution in [0.1, 0.15) is 46.0 Å². The average molecular weight is 522 g/mol. The number of nitrogens with zero attached hydrogens (tertiary/aromatic N) is 1. The third kappa shape index (κ3) is 9.28. The van der Waals surface area contributed by atoms with E-state index in [9.17, 15) is 41.5 Å². The smallest absolute Gasteiger partial charge is 0.356 e. The summed E-state index contributed by atoms with van der Waals surface area (Å²) in [7, 11) is 0. The Hall–Kier alpha value is -2.90. The van der Waals surface area contributed by atoms with Gasteiger partial charge in [0.2, 0.25) is 5.91 Å². The van der Waals surface area contributed by atoms with Crippen LogP contribution in [0.4, 0.5) is 17.6 Å². The largest absolute Gasteiger partial charge is 0.522 e. The topological polar surface area (TPSA) is 143 Å². The van der Waals surface area contributed by atoms with Crippen LogP contribution in [-0.4, -0.2) is 73.4 Å². The number of carbonyl (C=O) groups excluding carboxylic acids is 5. The molecular formula is C22H30F4N4O6. The first-order chi connectivity index (χ1) is 16.7. The van der Waals surface area contributed by atoms with Crippen molar-refractivity contribution in [2.75, 3.05) is 19.8 Å². The van der Waals surface area contributed by atoms with Crippen molar-refractivity contribution in [2.45, 2.75) is 63.9 Å². The minimum absolute atomic E-state index is 0.0598. The predicted molar refractivity (Wildman–Crippen MR) is 117 cm³/mol. The molecule has 1 aliphatic heterocycles. The fourth-order valence-corrected chi connectivity index (χ4v) is 3.62. The van der Waals surface area contributed by atoms with E-state index in [1.54, 1.807) is 13.8 Å². The number of ketones is 1. The molecule has 2 aliphatic rings. The lowest BCUT2D eigenvalue weighted by Gasteiger charge is -2.19. The summed E-state index contributed by atoms with van der Waals surface area (Å²) in [6, 6.07) is -1.28. The average Bonchev–Trinajstić information content (AvgIpc) is 3.45. The van der Waals surface area contributed by atoms with E-state index in [0.29, 0.717) is 25.8 Å². The zero-order chi connectivity index (χ0) is 27.1. The molecule has 1 aliphatic carbocycles. The molecule has 1 unspecified atom stereocenters. The van der Waals surface area contributed by atoms with Gasteiger partial charge >= 0.3 is 18.2 Å². The molecule has 1 heterocycles. The van der Waals surface area contributed by atoms with Gasteiger partial charge in [-0.1, -0.05) is 13.8 Å². The zero-order valence-electron chi connectivity index (χ0n) is 20.0. The second-order valence-corrected chi connectivity index (χ2v) is 9.46. The Morgan fingerprint density at radius 2 is 1.89 bits per heavy atom. The number of amides is 4. The van der Waals surface area contributed by atoms with Crippen LogP contribution in [0.3, 0.4) is 0 Å². The van der Waals surface area contributed by atoms with E-state index in [4.69, 9.17) is 0 Å². The van der Waals surface area contributed by atoms with Gasteiger partial charge in [-0.05, 0) is 38.0 Å². The first-order valence-corrected chi connectivity index (χ1v) is 11.5. The minimum atomic E-state index is -5.05. The van der Waals surface area contributed by atoms with E-state index in [1.807, 2.05) is 0 Å². The molecule has 0 bridgehead atoms. The van der Waals surface area contributed by atoms with Crippen molar-refractivity contribution in [3.63, 3.8) is 0 Å². The van der Waals surface area contributed by atoms with Crippen molar-refractivity contribution < 1.29 is 46.3 Å². The Balaban J connectivity index is 2.10. The van der Waals surface area contributed by atoms with Gasteiger partial charge in [-0.15, -0.1) is 13.2 Å². The Morgan fingerprint density at radius 3 is 2.39 bits per heavy atom. The second kappa shape index (κ2) is 12.4. The SMILES string of the molecule is CC(C)C[C@H](NC(=O)C(=O)NC1(CF)CC1)C(=O)N=CC(C[C@@H]1CCNC1=O)C(=O)COC(F)(F)F. The fourth-order valence-electron chi connectivity index (χ4n) is 3.62. The number of hydrogen-bond acceptors (Lipinski definition) is 6. The Morgan fingerprint density at radius 1 is 1.22 bits per heavy atom. The molecule has 1 saturated heterocycles. The highest BCUT2D eigenvalue weighted by molar-refractivity contribution is 6.35. The summed E-state index contributed by atoms with van der Waals surface area (Å²) >= 11 is 0. The molecule has 0 spiro atoms. The molecule has 3 N–H and O–H groups in total. The quantitative estimate of drug-likeness (QED) is 0.198. The third-order valence-electron chi connectivity index (χ3n) is 5.88. The van der Waals surface area contributed by atoms with Crippen LogP contribution in [0.15, 0.2) is 4.99 Å². The van der Waals surface area contributed by atoms with E-state index in [1.165, 1.54) is 0 Å². The number of halogens is 4. The van der Waals surface area contributed by atoms with Gasteiger partial charge in [-0.25, -0.2) is 9.38 Å². The molecule has 0 aromatic rings. The van der Waals surface area contributed by atoms with Crippen LogP contribution in [0.5, 0.6) is 0 Å². The molecule has 4 amide bonds. The van der Waals surface area contributed by atoms with Gasteiger partial charge in [0.1, 0.15) is 19.3 Å². The van der Waals surface area contributed by atoms with Gasteiger partial charge in [-0.3, -0.25) is 28.7 Å². The van der Waals surface area contributed by atoms with E-state index in [0.717, 1.165) is 6.21 Å². The summed E-state index contributed by atoms with van der Waals surface area (Å²) in [5, 5.41) is 7.08. The Kier molecular flexibility index (Phi) is 10.1. The lowest BCUT2D eigenvalue weighted by molar-refractivity contribution is -0.321. The summed E-state index contributed by atoms with van der Waals surface area (Å²) in [5.41, 5.74) is -1.07. The molecule has 0 radical (unpaired) electrons. The number of nitrogens with one attached hydrogen (secondary N) is 3. The van der Waals surface area contributed by atoms with Crippen molar-refractivity contribution in [3.8, 4) is 0 Å². The normalized spacial score (nSPS) is 20.6. The maximum Gasteiger partial charge on any atom is 0.522 e. The molecule has 10 nitrogen and oxygen atoms in total. The van der Waals surface area contributed by atoms with Crippen LogP contribution < -0.4 is 16.0 Å². The number of Topliss-reactive ketones (excluding diaryl/α,β-unsaturated/α-hetero) is 1. The van der Waals surface area contributed by atoms with Crippen molar-refractivity contribution in [2.24, 2.45) is 22.7 Å². The van der Waals surface area contributed by atoms with Crippen LogP contribution >= 0.6 is 0 Å². The van der Waals surface area contributed by atoms with Crippen LogP contribution in [0.2, 0.25) is 0 Å². The highest BCUT2D eigenvalue weighted by Gasteiger charge is 2.45. The number of hydrogen-bond donors (Lipinski definition) is 3. The highest BCUT2D eigenvalue weighted by Crippen LogP contribution is 2.35. The van der Waals surface area contributed by atoms with Gasteiger partial charge in [-0.2, -0.15) is 0 Å². The second-order valence-electron chi connectivity index (χ2n) is 9.46. The van der Waals surface area contributed by atoms with Crippen molar-refractivity contribution in [1.29, 1.82) is 0 Å². The number of ether oxygens (including phenoxy) is 1. The van der Waals surface area contributed by atoms with Crippen molar-refractivity contribution >= 4 is 35.6 Å². The predicted octanol–water partition coefficient (Wildman–Crippen LogP) is 0.981. The highest BCUT2D eigenvalue weighted by atomic mass is 19.4. The summed E-state index contributed by atoms with van der Waals surface area (Å²) in [4.78, 5) is 65.0. The lowest BCUT2D eigenvalue weighted by atomic mass is 9.91. The van der Waals surface area contributed by atoms with Gasteiger partial charge in [0.05, 0.1) is 11.5 Å². The summed E-state index contributed by atoms with van der Waals surface area (Å²) < 4.78 is 53.7. The van der Waals surface area contributed by atoms with E-state index < -0.39 is 66.6 Å². The summed E-state index contributed by atoms with van der Waals surface area (Å²) in [6.07, 6.45) is -3.21. The molecule has 2 fully saturated rings.